The fraction of sp³-hybridized carbons (Fsp3) is 0.308. The van der Waals surface area contributed by atoms with Gasteiger partial charge in [0, 0.05) is 18.0 Å². The molecule has 0 aromatic carbocycles. The van der Waals surface area contributed by atoms with Gasteiger partial charge in [-0.25, -0.2) is 4.98 Å². The lowest BCUT2D eigenvalue weighted by Crippen LogP contribution is -2.14. The van der Waals surface area contributed by atoms with Gasteiger partial charge in [-0.1, -0.05) is 13.8 Å². The fourth-order valence-corrected chi connectivity index (χ4v) is 2.06. The Bertz CT molecular complexity index is 615. The van der Waals surface area contributed by atoms with Gasteiger partial charge in [-0.2, -0.15) is 5.10 Å². The Balaban J connectivity index is 2.10. The highest BCUT2D eigenvalue weighted by molar-refractivity contribution is 6.03. The molecule has 0 spiro atoms. The molecule has 0 saturated heterocycles. The lowest BCUT2D eigenvalue weighted by molar-refractivity contribution is 0.101. The topological polar surface area (TPSA) is 59.8 Å². The Morgan fingerprint density at radius 3 is 3.06 bits per heavy atom. The maximum atomic E-state index is 11.9. The van der Waals surface area contributed by atoms with E-state index in [0.717, 1.165) is 5.56 Å². The average molecular weight is 242 g/mol. The van der Waals surface area contributed by atoms with E-state index in [9.17, 15) is 4.79 Å². The number of fused-ring (bicyclic) bond motifs is 2. The van der Waals surface area contributed by atoms with Gasteiger partial charge in [0.1, 0.15) is 11.5 Å². The van der Waals surface area contributed by atoms with Crippen molar-refractivity contribution >= 4 is 11.7 Å². The Morgan fingerprint density at radius 1 is 1.44 bits per heavy atom. The molecule has 3 heterocycles. The molecule has 0 saturated carbocycles. The molecular formula is C13H14N4O. The first-order valence-electron chi connectivity index (χ1n) is 5.97. The summed E-state index contributed by atoms with van der Waals surface area (Å²) in [6.07, 6.45) is 3.46. The van der Waals surface area contributed by atoms with Crippen LogP contribution in [0, 0.1) is 0 Å². The second-order valence-electron chi connectivity index (χ2n) is 4.76. The van der Waals surface area contributed by atoms with Crippen molar-refractivity contribution in [3.8, 4) is 0 Å². The van der Waals surface area contributed by atoms with Gasteiger partial charge in [0.2, 0.25) is 0 Å². The summed E-state index contributed by atoms with van der Waals surface area (Å²) in [6, 6.07) is 3.80. The normalized spacial score (nSPS) is 13.8. The highest BCUT2D eigenvalue weighted by Gasteiger charge is 2.20. The van der Waals surface area contributed by atoms with Crippen LogP contribution in [0.15, 0.2) is 24.5 Å². The molecular weight excluding hydrogens is 228 g/mol. The Labute approximate surface area is 105 Å². The zero-order valence-electron chi connectivity index (χ0n) is 10.3. The van der Waals surface area contributed by atoms with E-state index in [1.807, 2.05) is 6.20 Å². The number of anilines is 1. The van der Waals surface area contributed by atoms with E-state index in [1.54, 1.807) is 16.9 Å². The molecule has 0 bridgehead atoms. The predicted octanol–water partition coefficient (Wildman–Crippen LogP) is 2.02. The van der Waals surface area contributed by atoms with Gasteiger partial charge < -0.3 is 5.32 Å². The van der Waals surface area contributed by atoms with Crippen molar-refractivity contribution in [3.63, 3.8) is 0 Å². The van der Waals surface area contributed by atoms with E-state index in [2.05, 4.69) is 35.3 Å². The summed E-state index contributed by atoms with van der Waals surface area (Å²) in [4.78, 5) is 16.3. The van der Waals surface area contributed by atoms with E-state index < -0.39 is 0 Å². The summed E-state index contributed by atoms with van der Waals surface area (Å²) >= 11 is 0. The maximum Gasteiger partial charge on any atom is 0.275 e. The number of nitrogens with one attached hydrogen (secondary N) is 1. The van der Waals surface area contributed by atoms with Crippen LogP contribution >= 0.6 is 0 Å². The first-order valence-corrected chi connectivity index (χ1v) is 5.97. The minimum atomic E-state index is -0.156. The van der Waals surface area contributed by atoms with Crippen LogP contribution in [0.5, 0.6) is 0 Å². The molecule has 0 fully saturated rings. The number of hydrogen-bond donors (Lipinski definition) is 1. The molecule has 92 valence electrons. The molecule has 1 N–H and O–H groups in total. The molecule has 18 heavy (non-hydrogen) atoms. The number of aromatic nitrogens is 3. The lowest BCUT2D eigenvalue weighted by atomic mass is 10.0. The summed E-state index contributed by atoms with van der Waals surface area (Å²) < 4.78 is 1.70. The predicted molar refractivity (Wildman–Crippen MR) is 67.6 cm³/mol. The molecule has 0 atom stereocenters. The van der Waals surface area contributed by atoms with Crippen molar-refractivity contribution < 1.29 is 4.79 Å². The maximum absolute atomic E-state index is 11.9. The van der Waals surface area contributed by atoms with Gasteiger partial charge in [-0.3, -0.25) is 9.48 Å². The number of carbonyl (C=O) groups is 1. The van der Waals surface area contributed by atoms with Crippen LogP contribution in [-0.4, -0.2) is 20.7 Å². The number of hydrogen-bond acceptors (Lipinski definition) is 3. The molecule has 1 aliphatic rings. The van der Waals surface area contributed by atoms with Crippen LogP contribution in [0.1, 0.15) is 41.4 Å². The second kappa shape index (κ2) is 3.94. The summed E-state index contributed by atoms with van der Waals surface area (Å²) in [7, 11) is 0. The molecule has 5 nitrogen and oxygen atoms in total. The summed E-state index contributed by atoms with van der Waals surface area (Å²) in [6.45, 7) is 4.82. The van der Waals surface area contributed by atoms with E-state index in [-0.39, 0.29) is 5.91 Å². The van der Waals surface area contributed by atoms with Crippen molar-refractivity contribution in [1.82, 2.24) is 14.8 Å². The number of rotatable bonds is 1. The van der Waals surface area contributed by atoms with Crippen molar-refractivity contribution in [2.75, 3.05) is 5.32 Å². The van der Waals surface area contributed by atoms with Crippen molar-refractivity contribution in [2.45, 2.75) is 26.3 Å². The number of amides is 1. The first-order chi connectivity index (χ1) is 8.65. The fourth-order valence-electron chi connectivity index (χ4n) is 2.06. The van der Waals surface area contributed by atoms with Crippen molar-refractivity contribution in [1.29, 1.82) is 0 Å². The third kappa shape index (κ3) is 1.68. The smallest absolute Gasteiger partial charge is 0.275 e. The molecule has 1 aliphatic heterocycles. The molecule has 1 amide bonds. The molecule has 2 aromatic heterocycles. The van der Waals surface area contributed by atoms with Crippen LogP contribution in [0.2, 0.25) is 0 Å². The van der Waals surface area contributed by atoms with Gasteiger partial charge in [0.05, 0.1) is 6.54 Å². The molecule has 3 rings (SSSR count). The van der Waals surface area contributed by atoms with Gasteiger partial charge >= 0.3 is 0 Å². The highest BCUT2D eigenvalue weighted by atomic mass is 16.2. The molecule has 5 heteroatoms. The SMILES string of the molecule is CC(C)c1cnc2c(c1)Cn1nccc1C(=O)N2. The zero-order chi connectivity index (χ0) is 12.7. The molecule has 0 unspecified atom stereocenters. The Morgan fingerprint density at radius 2 is 2.28 bits per heavy atom. The van der Waals surface area contributed by atoms with Gasteiger partial charge in [0.15, 0.2) is 0 Å². The Hall–Kier alpha value is -2.17. The van der Waals surface area contributed by atoms with E-state index in [0.29, 0.717) is 24.0 Å². The van der Waals surface area contributed by atoms with Crippen LogP contribution in [0.4, 0.5) is 5.82 Å². The minimum absolute atomic E-state index is 0.156. The first kappa shape index (κ1) is 11.0. The largest absolute Gasteiger partial charge is 0.305 e. The van der Waals surface area contributed by atoms with E-state index in [4.69, 9.17) is 0 Å². The Kier molecular flexibility index (Phi) is 2.40. The standard InChI is InChI=1S/C13H14N4O/c1-8(2)9-5-10-7-17-11(3-4-15-17)13(18)16-12(10)14-6-9/h3-6,8H,7H2,1-2H3,(H,14,16,18). The average Bonchev–Trinajstić information content (AvgIpc) is 2.74. The quantitative estimate of drug-likeness (QED) is 0.832. The highest BCUT2D eigenvalue weighted by Crippen LogP contribution is 2.23. The van der Waals surface area contributed by atoms with E-state index >= 15 is 0 Å². The lowest BCUT2D eigenvalue weighted by Gasteiger charge is -2.10. The van der Waals surface area contributed by atoms with Crippen LogP contribution in [0.25, 0.3) is 0 Å². The van der Waals surface area contributed by atoms with Gasteiger partial charge in [-0.15, -0.1) is 0 Å². The number of carbonyl (C=O) groups excluding carboxylic acids is 1. The van der Waals surface area contributed by atoms with Gasteiger partial charge in [0.25, 0.3) is 5.91 Å². The van der Waals surface area contributed by atoms with Crippen LogP contribution in [0.3, 0.4) is 0 Å². The minimum Gasteiger partial charge on any atom is -0.305 e. The molecule has 0 radical (unpaired) electrons. The monoisotopic (exact) mass is 242 g/mol. The van der Waals surface area contributed by atoms with Crippen molar-refractivity contribution in [3.05, 3.63) is 41.3 Å². The summed E-state index contributed by atoms with van der Waals surface area (Å²) in [5.74, 6) is 0.893. The number of nitrogens with zero attached hydrogens (tertiary/aromatic N) is 3. The van der Waals surface area contributed by atoms with Crippen LogP contribution in [-0.2, 0) is 6.54 Å². The van der Waals surface area contributed by atoms with E-state index in [1.165, 1.54) is 5.56 Å². The third-order valence-corrected chi connectivity index (χ3v) is 3.16. The molecule has 2 aromatic rings. The van der Waals surface area contributed by atoms with Crippen LogP contribution < -0.4 is 5.32 Å². The zero-order valence-corrected chi connectivity index (χ0v) is 10.3. The molecule has 0 aliphatic carbocycles. The summed E-state index contributed by atoms with van der Waals surface area (Å²) in [5, 5.41) is 6.99. The summed E-state index contributed by atoms with van der Waals surface area (Å²) in [5.41, 5.74) is 2.73. The van der Waals surface area contributed by atoms with Gasteiger partial charge in [-0.05, 0) is 23.6 Å². The van der Waals surface area contributed by atoms with Crippen molar-refractivity contribution in [2.24, 2.45) is 0 Å². The number of pyridine rings is 1. The second-order valence-corrected chi connectivity index (χ2v) is 4.76. The third-order valence-electron chi connectivity index (χ3n) is 3.16.